The Morgan fingerprint density at radius 1 is 1.20 bits per heavy atom. The van der Waals surface area contributed by atoms with Crippen LogP contribution in [0.5, 0.6) is 11.9 Å². The van der Waals surface area contributed by atoms with Crippen LogP contribution in [0.25, 0.3) is 4.85 Å². The lowest BCUT2D eigenvalue weighted by atomic mass is 9.75. The van der Waals surface area contributed by atoms with Crippen LogP contribution in [0.3, 0.4) is 0 Å². The summed E-state index contributed by atoms with van der Waals surface area (Å²) in [6, 6.07) is 9.08. The van der Waals surface area contributed by atoms with E-state index >= 15 is 0 Å². The number of likely N-dealkylation sites (tertiary alicyclic amines) is 1. The van der Waals surface area contributed by atoms with E-state index in [1.54, 1.807) is 4.90 Å². The van der Waals surface area contributed by atoms with Crippen LogP contribution in [-0.4, -0.2) is 84.1 Å². The Morgan fingerprint density at radius 2 is 2.08 bits per heavy atom. The van der Waals surface area contributed by atoms with Crippen molar-refractivity contribution in [2.45, 2.75) is 62.6 Å². The van der Waals surface area contributed by atoms with Gasteiger partial charge in [0.2, 0.25) is 18.3 Å². The van der Waals surface area contributed by atoms with E-state index in [-0.39, 0.29) is 18.5 Å². The third-order valence-corrected chi connectivity index (χ3v) is 9.15. The molecule has 4 heterocycles. The maximum absolute atomic E-state index is 12.5. The zero-order valence-corrected chi connectivity index (χ0v) is 23.3. The van der Waals surface area contributed by atoms with Crippen LogP contribution < -0.4 is 14.4 Å². The third kappa shape index (κ3) is 4.90. The van der Waals surface area contributed by atoms with Crippen molar-refractivity contribution in [3.8, 4) is 11.9 Å². The molecule has 3 aliphatic heterocycles. The van der Waals surface area contributed by atoms with Gasteiger partial charge < -0.3 is 29.0 Å². The number of carbonyl (C=O) groups is 1. The highest BCUT2D eigenvalue weighted by Gasteiger charge is 2.44. The Kier molecular flexibility index (Phi) is 7.37. The Hall–Kier alpha value is -3.64. The number of hydrogen-bond acceptors (Lipinski definition) is 7. The smallest absolute Gasteiger partial charge is 0.321 e. The first kappa shape index (κ1) is 26.6. The highest BCUT2D eigenvalue weighted by Crippen LogP contribution is 2.48. The molecule has 6 rings (SSSR count). The lowest BCUT2D eigenvalue weighted by Crippen LogP contribution is -2.56. The van der Waals surface area contributed by atoms with E-state index in [4.69, 9.17) is 26.0 Å². The number of anilines is 1. The third-order valence-electron chi connectivity index (χ3n) is 9.15. The normalized spacial score (nSPS) is 26.0. The van der Waals surface area contributed by atoms with Crippen LogP contribution in [0.1, 0.15) is 48.8 Å². The summed E-state index contributed by atoms with van der Waals surface area (Å²) >= 11 is 0. The number of aromatic nitrogens is 2. The molecule has 1 aliphatic carbocycles. The number of aryl methyl sites for hydroxylation is 1. The second kappa shape index (κ2) is 11.1. The number of nitrogens with zero attached hydrogens (tertiary/aromatic N) is 6. The van der Waals surface area contributed by atoms with Gasteiger partial charge in [-0.1, -0.05) is 30.8 Å². The van der Waals surface area contributed by atoms with Crippen molar-refractivity contribution < 1.29 is 14.3 Å². The monoisotopic (exact) mass is 542 g/mol. The molecule has 1 spiro atoms. The number of hydrogen-bond donors (Lipinski definition) is 0. The van der Waals surface area contributed by atoms with Crippen molar-refractivity contribution in [1.29, 1.82) is 0 Å². The van der Waals surface area contributed by atoms with Gasteiger partial charge in [-0.2, -0.15) is 9.97 Å². The minimum atomic E-state index is -0.391. The lowest BCUT2D eigenvalue weighted by molar-refractivity contribution is -0.128. The van der Waals surface area contributed by atoms with Gasteiger partial charge in [-0.25, -0.2) is 6.57 Å². The Morgan fingerprint density at radius 3 is 2.88 bits per heavy atom. The van der Waals surface area contributed by atoms with Gasteiger partial charge in [0.15, 0.2) is 0 Å². The minimum Gasteiger partial charge on any atom is -0.466 e. The van der Waals surface area contributed by atoms with Gasteiger partial charge >= 0.3 is 6.01 Å². The average Bonchev–Trinajstić information content (AvgIpc) is 3.40. The van der Waals surface area contributed by atoms with Crippen molar-refractivity contribution in [1.82, 2.24) is 19.8 Å². The summed E-state index contributed by atoms with van der Waals surface area (Å²) < 4.78 is 13.2. The van der Waals surface area contributed by atoms with E-state index in [1.807, 2.05) is 0 Å². The van der Waals surface area contributed by atoms with E-state index in [1.165, 1.54) is 23.6 Å². The van der Waals surface area contributed by atoms with Crippen LogP contribution >= 0.6 is 0 Å². The minimum absolute atomic E-state index is 0.135. The largest absolute Gasteiger partial charge is 0.466 e. The van der Waals surface area contributed by atoms with Crippen LogP contribution in [0.4, 0.5) is 5.82 Å². The maximum Gasteiger partial charge on any atom is 0.321 e. The second-order valence-corrected chi connectivity index (χ2v) is 11.5. The predicted octanol–water partition coefficient (Wildman–Crippen LogP) is 3.63. The number of amides is 1. The lowest BCUT2D eigenvalue weighted by Gasteiger charge is -2.44. The molecule has 1 unspecified atom stereocenters. The fraction of sp³-hybridized carbons (Fsp3) is 0.548. The van der Waals surface area contributed by atoms with E-state index < -0.39 is 5.60 Å². The summed E-state index contributed by atoms with van der Waals surface area (Å²) in [7, 11) is 2.13. The molecule has 2 aromatic rings. The number of piperazine rings is 1. The number of benzene rings is 1. The molecule has 0 radical (unpaired) electrons. The summed E-state index contributed by atoms with van der Waals surface area (Å²) in [5.41, 5.74) is 3.23. The summed E-state index contributed by atoms with van der Waals surface area (Å²) in [5.74, 6) is 1.28. The molecule has 40 heavy (non-hydrogen) atoms. The van der Waals surface area contributed by atoms with Crippen molar-refractivity contribution in [2.24, 2.45) is 0 Å². The van der Waals surface area contributed by atoms with Crippen LogP contribution in [0.15, 0.2) is 36.9 Å². The van der Waals surface area contributed by atoms with Gasteiger partial charge in [0.25, 0.3) is 0 Å². The summed E-state index contributed by atoms with van der Waals surface area (Å²) in [6.07, 6.45) is 8.37. The predicted molar refractivity (Wildman–Crippen MR) is 153 cm³/mol. The molecular formula is C31H38N6O3. The zero-order valence-electron chi connectivity index (χ0n) is 23.3. The average molecular weight is 543 g/mol. The molecule has 0 bridgehead atoms. The fourth-order valence-corrected chi connectivity index (χ4v) is 6.95. The first-order valence-corrected chi connectivity index (χ1v) is 14.5. The quantitative estimate of drug-likeness (QED) is 0.408. The molecule has 3 atom stereocenters. The van der Waals surface area contributed by atoms with Crippen molar-refractivity contribution in [2.75, 3.05) is 51.3 Å². The molecule has 9 nitrogen and oxygen atoms in total. The van der Waals surface area contributed by atoms with E-state index in [0.29, 0.717) is 44.2 Å². The maximum atomic E-state index is 12.5. The molecule has 0 saturated carbocycles. The second-order valence-electron chi connectivity index (χ2n) is 11.5. The molecule has 4 aliphatic rings. The number of carbonyl (C=O) groups excluding carboxylic acids is 1. The molecule has 2 fully saturated rings. The highest BCUT2D eigenvalue weighted by atomic mass is 16.5. The van der Waals surface area contributed by atoms with Crippen molar-refractivity contribution >= 4 is 11.7 Å². The number of ether oxygens (including phenoxy) is 2. The highest BCUT2D eigenvalue weighted by molar-refractivity contribution is 5.87. The van der Waals surface area contributed by atoms with Crippen LogP contribution in [-0.2, 0) is 23.2 Å². The van der Waals surface area contributed by atoms with Crippen LogP contribution in [0.2, 0.25) is 0 Å². The number of fused-ring (bicyclic) bond motifs is 3. The standard InChI is InChI=1S/C31H38N6O3/c1-4-27(38)37-18-17-36(20-24(37)19-32-2)28-25-13-15-31(14-7-10-22-9-5-6-12-26(22)31)40-29(25)34-30(33-28)39-21-23-11-8-16-35(23)3/h4-6,9,12,23-24H,1,7-8,10-11,13-21H2,3H3/t23-,24-,31?/m0/s1. The Labute approximate surface area is 236 Å². The van der Waals surface area contributed by atoms with E-state index in [0.717, 1.165) is 56.5 Å². The molecule has 2 saturated heterocycles. The molecule has 1 aromatic carbocycles. The Bertz CT molecular complexity index is 1320. The van der Waals surface area contributed by atoms with Gasteiger partial charge in [0.05, 0.1) is 5.56 Å². The van der Waals surface area contributed by atoms with E-state index in [2.05, 4.69) is 52.5 Å². The number of rotatable bonds is 6. The Balaban J connectivity index is 1.34. The summed E-state index contributed by atoms with van der Waals surface area (Å²) in [4.78, 5) is 32.2. The van der Waals surface area contributed by atoms with Gasteiger partial charge in [0.1, 0.15) is 24.1 Å². The molecular weight excluding hydrogens is 504 g/mol. The molecule has 1 aromatic heterocycles. The number of likely N-dealkylation sites (N-methyl/N-ethyl adjacent to an activating group) is 1. The first-order chi connectivity index (χ1) is 19.5. The van der Waals surface area contributed by atoms with Crippen molar-refractivity contribution in [3.05, 3.63) is 65.0 Å². The summed E-state index contributed by atoms with van der Waals surface area (Å²) in [6.45, 7) is 14.6. The molecule has 1 amide bonds. The zero-order chi connectivity index (χ0) is 27.7. The van der Waals surface area contributed by atoms with E-state index in [9.17, 15) is 4.79 Å². The van der Waals surface area contributed by atoms with Crippen molar-refractivity contribution in [3.63, 3.8) is 0 Å². The molecule has 0 N–H and O–H groups in total. The van der Waals surface area contributed by atoms with Gasteiger partial charge in [-0.3, -0.25) is 4.79 Å². The van der Waals surface area contributed by atoms with Gasteiger partial charge in [-0.15, -0.1) is 0 Å². The first-order valence-electron chi connectivity index (χ1n) is 14.5. The summed E-state index contributed by atoms with van der Waals surface area (Å²) in [5, 5.41) is 0. The van der Waals surface area contributed by atoms with Crippen LogP contribution in [0, 0.1) is 6.57 Å². The van der Waals surface area contributed by atoms with Gasteiger partial charge in [0, 0.05) is 25.7 Å². The topological polar surface area (TPSA) is 75.4 Å². The molecule has 210 valence electrons. The molecule has 9 heteroatoms. The fourth-order valence-electron chi connectivity index (χ4n) is 6.95. The van der Waals surface area contributed by atoms with Gasteiger partial charge in [-0.05, 0) is 75.7 Å². The SMILES string of the molecule is [C-]#[N+]C[C@H]1CN(c2nc(OC[C@@H]3CCCN3C)nc3c2CCC2(CCCc4ccccc42)O3)CCN1C(=O)C=C.